The molecule has 0 fully saturated rings. The van der Waals surface area contributed by atoms with Gasteiger partial charge in [-0.25, -0.2) is 12.8 Å². The molecular formula is C26H26FNO9S. The molecule has 0 heterocycles. The van der Waals surface area contributed by atoms with Crippen molar-refractivity contribution in [3.63, 3.8) is 0 Å². The van der Waals surface area contributed by atoms with Crippen LogP contribution in [-0.4, -0.2) is 48.9 Å². The second-order valence-electron chi connectivity index (χ2n) is 7.79. The topological polar surface area (TPSA) is 123 Å². The summed E-state index contributed by atoms with van der Waals surface area (Å²) in [4.78, 5) is 10.3. The number of nitro groups is 1. The fourth-order valence-electron chi connectivity index (χ4n) is 3.74. The normalized spacial score (nSPS) is 11.3. The third-order valence-electron chi connectivity index (χ3n) is 5.65. The monoisotopic (exact) mass is 547 g/mol. The number of ether oxygens (including phenoxy) is 5. The van der Waals surface area contributed by atoms with Crippen molar-refractivity contribution >= 4 is 27.7 Å². The Hall–Kier alpha value is -4.32. The van der Waals surface area contributed by atoms with Crippen molar-refractivity contribution < 1.29 is 41.4 Å². The molecule has 3 rings (SSSR count). The van der Waals surface area contributed by atoms with E-state index in [-0.39, 0.29) is 27.5 Å². The van der Waals surface area contributed by atoms with E-state index in [1.807, 2.05) is 0 Å². The van der Waals surface area contributed by atoms with Crippen LogP contribution in [0.5, 0.6) is 28.7 Å². The van der Waals surface area contributed by atoms with Crippen molar-refractivity contribution in [1.29, 1.82) is 0 Å². The maximum Gasteiger partial charge on any atom is 0.312 e. The Morgan fingerprint density at radius 2 is 1.39 bits per heavy atom. The first-order valence-electron chi connectivity index (χ1n) is 11.0. The van der Waals surface area contributed by atoms with Gasteiger partial charge in [0.1, 0.15) is 0 Å². The first kappa shape index (κ1) is 28.3. The molecule has 202 valence electrons. The number of nitrogens with zero attached hydrogens (tertiary/aromatic N) is 1. The van der Waals surface area contributed by atoms with E-state index in [2.05, 4.69) is 0 Å². The first-order valence-corrected chi connectivity index (χ1v) is 12.6. The zero-order valence-corrected chi connectivity index (χ0v) is 22.1. The predicted octanol–water partition coefficient (Wildman–Crippen LogP) is 4.92. The van der Waals surface area contributed by atoms with Crippen molar-refractivity contribution in [3.8, 4) is 28.7 Å². The number of hydrogen-bond acceptors (Lipinski definition) is 9. The number of hydrogen-bond donors (Lipinski definition) is 0. The van der Waals surface area contributed by atoms with Gasteiger partial charge in [-0.15, -0.1) is 0 Å². The summed E-state index contributed by atoms with van der Waals surface area (Å²) < 4.78 is 67.9. The fraction of sp³-hybridized carbons (Fsp3) is 0.231. The lowest BCUT2D eigenvalue weighted by Gasteiger charge is -2.14. The van der Waals surface area contributed by atoms with Gasteiger partial charge in [-0.05, 0) is 41.5 Å². The SMILES string of the molecule is COc1ccc(S(=O)(=O)Cc2c(/C=C\c3cc(OC)c(OC)c(OC)c3)ccc(OC)c2F)cc1[N+](=O)[O-]. The number of methoxy groups -OCH3 is 5. The van der Waals surface area contributed by atoms with Gasteiger partial charge in [0, 0.05) is 11.6 Å². The summed E-state index contributed by atoms with van der Waals surface area (Å²) >= 11 is 0. The molecule has 0 unspecified atom stereocenters. The second kappa shape index (κ2) is 11.8. The molecule has 0 aliphatic heterocycles. The largest absolute Gasteiger partial charge is 0.494 e. The van der Waals surface area contributed by atoms with Crippen molar-refractivity contribution in [1.82, 2.24) is 0 Å². The Morgan fingerprint density at radius 1 is 0.816 bits per heavy atom. The minimum Gasteiger partial charge on any atom is -0.494 e. The van der Waals surface area contributed by atoms with Gasteiger partial charge in [0.25, 0.3) is 0 Å². The van der Waals surface area contributed by atoms with Gasteiger partial charge < -0.3 is 23.7 Å². The Kier molecular flexibility index (Phi) is 8.79. The predicted molar refractivity (Wildman–Crippen MR) is 139 cm³/mol. The van der Waals surface area contributed by atoms with Crippen LogP contribution in [-0.2, 0) is 15.6 Å². The molecule has 12 heteroatoms. The zero-order chi connectivity index (χ0) is 28.0. The van der Waals surface area contributed by atoms with E-state index < -0.39 is 32.0 Å². The van der Waals surface area contributed by atoms with Gasteiger partial charge in [0.2, 0.25) is 5.75 Å². The van der Waals surface area contributed by atoms with Crippen LogP contribution in [0.2, 0.25) is 0 Å². The smallest absolute Gasteiger partial charge is 0.312 e. The number of nitro benzene ring substituents is 1. The number of sulfone groups is 1. The maximum atomic E-state index is 15.4. The molecule has 38 heavy (non-hydrogen) atoms. The van der Waals surface area contributed by atoms with Crippen LogP contribution in [0, 0.1) is 15.9 Å². The quantitative estimate of drug-likeness (QED) is 0.187. The van der Waals surface area contributed by atoms with Gasteiger partial charge >= 0.3 is 5.69 Å². The van der Waals surface area contributed by atoms with Crippen LogP contribution in [0.1, 0.15) is 16.7 Å². The molecule has 0 N–H and O–H groups in total. The zero-order valence-electron chi connectivity index (χ0n) is 21.3. The highest BCUT2D eigenvalue weighted by Gasteiger charge is 2.25. The Balaban J connectivity index is 2.09. The molecule has 0 saturated heterocycles. The summed E-state index contributed by atoms with van der Waals surface area (Å²) in [5.74, 6) is -0.716. The van der Waals surface area contributed by atoms with E-state index in [1.165, 1.54) is 65.9 Å². The van der Waals surface area contributed by atoms with Crippen LogP contribution in [0.4, 0.5) is 10.1 Å². The van der Waals surface area contributed by atoms with Gasteiger partial charge in [-0.2, -0.15) is 0 Å². The van der Waals surface area contributed by atoms with Gasteiger partial charge in [0.15, 0.2) is 38.7 Å². The maximum absolute atomic E-state index is 15.4. The lowest BCUT2D eigenvalue weighted by atomic mass is 10.1. The van der Waals surface area contributed by atoms with E-state index in [9.17, 15) is 18.5 Å². The minimum absolute atomic E-state index is 0.101. The van der Waals surface area contributed by atoms with Crippen molar-refractivity contribution in [2.45, 2.75) is 10.6 Å². The van der Waals surface area contributed by atoms with E-state index in [0.29, 0.717) is 22.8 Å². The molecule has 3 aromatic carbocycles. The van der Waals surface area contributed by atoms with Crippen LogP contribution >= 0.6 is 0 Å². The summed E-state index contributed by atoms with van der Waals surface area (Å²) in [6.45, 7) is 0. The Morgan fingerprint density at radius 3 is 1.92 bits per heavy atom. The van der Waals surface area contributed by atoms with Crippen LogP contribution in [0.15, 0.2) is 47.4 Å². The van der Waals surface area contributed by atoms with E-state index >= 15 is 4.39 Å². The highest BCUT2D eigenvalue weighted by molar-refractivity contribution is 7.90. The van der Waals surface area contributed by atoms with Crippen LogP contribution in [0.25, 0.3) is 12.2 Å². The summed E-state index contributed by atoms with van der Waals surface area (Å²) in [6, 6.07) is 9.46. The number of rotatable bonds is 11. The van der Waals surface area contributed by atoms with Gasteiger partial charge in [-0.3, -0.25) is 10.1 Å². The number of benzene rings is 3. The molecule has 3 aromatic rings. The third kappa shape index (κ3) is 5.80. The van der Waals surface area contributed by atoms with E-state index in [0.717, 1.165) is 6.07 Å². The third-order valence-corrected chi connectivity index (χ3v) is 7.29. The summed E-state index contributed by atoms with van der Waals surface area (Å²) in [5, 5.41) is 11.4. The summed E-state index contributed by atoms with van der Waals surface area (Å²) in [5.41, 5.74) is 0.160. The molecule has 0 atom stereocenters. The molecular weight excluding hydrogens is 521 g/mol. The minimum atomic E-state index is -4.22. The van der Waals surface area contributed by atoms with Crippen LogP contribution < -0.4 is 23.7 Å². The van der Waals surface area contributed by atoms with Gasteiger partial charge in [-0.1, -0.05) is 18.2 Å². The van der Waals surface area contributed by atoms with Crippen molar-refractivity contribution in [3.05, 3.63) is 75.1 Å². The van der Waals surface area contributed by atoms with Gasteiger partial charge in [0.05, 0.1) is 51.1 Å². The molecule has 0 bridgehead atoms. The lowest BCUT2D eigenvalue weighted by Crippen LogP contribution is -2.09. The average molecular weight is 548 g/mol. The fourth-order valence-corrected chi connectivity index (χ4v) is 5.14. The molecule has 0 aromatic heterocycles. The van der Waals surface area contributed by atoms with Crippen LogP contribution in [0.3, 0.4) is 0 Å². The molecule has 0 aliphatic rings. The summed E-state index contributed by atoms with van der Waals surface area (Å²) in [7, 11) is 2.68. The van der Waals surface area contributed by atoms with Crippen molar-refractivity contribution in [2.24, 2.45) is 0 Å². The van der Waals surface area contributed by atoms with Crippen molar-refractivity contribution in [2.75, 3.05) is 35.5 Å². The average Bonchev–Trinajstić information content (AvgIpc) is 2.92. The van der Waals surface area contributed by atoms with E-state index in [4.69, 9.17) is 23.7 Å². The summed E-state index contributed by atoms with van der Waals surface area (Å²) in [6.07, 6.45) is 3.16. The Bertz CT molecular complexity index is 1460. The molecule has 10 nitrogen and oxygen atoms in total. The first-order chi connectivity index (χ1) is 18.1. The molecule has 0 radical (unpaired) electrons. The highest BCUT2D eigenvalue weighted by Crippen LogP contribution is 2.39. The Labute approximate surface area is 219 Å². The molecule has 0 aliphatic carbocycles. The lowest BCUT2D eigenvalue weighted by molar-refractivity contribution is -0.386. The number of halogens is 1. The highest BCUT2D eigenvalue weighted by atomic mass is 32.2. The molecule has 0 amide bonds. The second-order valence-corrected chi connectivity index (χ2v) is 9.78. The van der Waals surface area contributed by atoms with E-state index in [1.54, 1.807) is 18.2 Å². The molecule has 0 spiro atoms. The molecule has 0 saturated carbocycles. The standard InChI is InChI=1S/C26H26FNO9S/c1-33-21-11-9-18(14-20(21)28(29)30)38(31,32)15-19-17(8-10-22(34-2)25(19)27)7-6-16-12-23(35-3)26(37-5)24(13-16)36-4/h6-14H,15H2,1-5H3/b7-6-.